The molecule has 116 valence electrons. The van der Waals surface area contributed by atoms with Crippen LogP contribution in [0.4, 0.5) is 4.79 Å². The van der Waals surface area contributed by atoms with Gasteiger partial charge >= 0.3 is 6.09 Å². The molecule has 1 amide bonds. The van der Waals surface area contributed by atoms with Gasteiger partial charge in [-0.1, -0.05) is 12.8 Å². The summed E-state index contributed by atoms with van der Waals surface area (Å²) in [7, 11) is 1.93. The van der Waals surface area contributed by atoms with Crippen LogP contribution in [0.15, 0.2) is 0 Å². The van der Waals surface area contributed by atoms with Crippen molar-refractivity contribution in [3.05, 3.63) is 0 Å². The summed E-state index contributed by atoms with van der Waals surface area (Å²) in [6.45, 7) is 5.68. The highest BCUT2D eigenvalue weighted by atomic mass is 16.6. The van der Waals surface area contributed by atoms with Gasteiger partial charge in [0, 0.05) is 0 Å². The third-order valence-corrected chi connectivity index (χ3v) is 4.54. The van der Waals surface area contributed by atoms with Crippen LogP contribution in [0.3, 0.4) is 0 Å². The fourth-order valence-electron chi connectivity index (χ4n) is 3.17. The minimum absolute atomic E-state index is 0.275. The molecule has 2 N–H and O–H groups in total. The fourth-order valence-corrected chi connectivity index (χ4v) is 3.17. The summed E-state index contributed by atoms with van der Waals surface area (Å²) < 4.78 is 5.38. The molecule has 2 aliphatic rings. The Labute approximate surface area is 123 Å². The lowest BCUT2D eigenvalue weighted by molar-refractivity contribution is 0.0372. The standard InChI is InChI=1S/C16H30N2O2/c1-15(2,3)20-14(19)18-16(17-4)9-7-13(8-10-16)11-12-5-6-12/h12-13,17H,5-11H2,1-4H3,(H,18,19). The van der Waals surface area contributed by atoms with Crippen molar-refractivity contribution in [3.8, 4) is 0 Å². The molecule has 0 aromatic carbocycles. The highest BCUT2D eigenvalue weighted by Gasteiger charge is 2.38. The van der Waals surface area contributed by atoms with E-state index >= 15 is 0 Å². The zero-order valence-electron chi connectivity index (χ0n) is 13.4. The van der Waals surface area contributed by atoms with Crippen molar-refractivity contribution in [2.45, 2.75) is 77.0 Å². The molecule has 2 fully saturated rings. The first-order chi connectivity index (χ1) is 9.32. The largest absolute Gasteiger partial charge is 0.444 e. The molecule has 0 bridgehead atoms. The lowest BCUT2D eigenvalue weighted by Crippen LogP contribution is -2.59. The normalized spacial score (nSPS) is 30.9. The van der Waals surface area contributed by atoms with Gasteiger partial charge in [-0.3, -0.25) is 5.32 Å². The summed E-state index contributed by atoms with van der Waals surface area (Å²) >= 11 is 0. The first-order valence-electron chi connectivity index (χ1n) is 8.02. The number of alkyl carbamates (subject to hydrolysis) is 1. The van der Waals surface area contributed by atoms with E-state index in [0.717, 1.165) is 24.7 Å². The van der Waals surface area contributed by atoms with E-state index in [1.54, 1.807) is 0 Å². The number of carbonyl (C=O) groups excluding carboxylic acids is 1. The number of nitrogens with one attached hydrogen (secondary N) is 2. The molecule has 4 heteroatoms. The van der Waals surface area contributed by atoms with Crippen LogP contribution in [0.5, 0.6) is 0 Å². The second-order valence-corrected chi connectivity index (χ2v) is 7.58. The number of hydrogen-bond acceptors (Lipinski definition) is 3. The molecule has 2 rings (SSSR count). The van der Waals surface area contributed by atoms with Gasteiger partial charge in [0.15, 0.2) is 0 Å². The average molecular weight is 282 g/mol. The van der Waals surface area contributed by atoms with Gasteiger partial charge in [0.05, 0.1) is 5.66 Å². The van der Waals surface area contributed by atoms with Crippen molar-refractivity contribution in [2.75, 3.05) is 7.05 Å². The maximum atomic E-state index is 12.0. The molecule has 0 unspecified atom stereocenters. The molecule has 0 saturated heterocycles. The molecule has 0 heterocycles. The Kier molecular flexibility index (Phi) is 4.62. The molecule has 0 aliphatic heterocycles. The van der Waals surface area contributed by atoms with Crippen molar-refractivity contribution in [2.24, 2.45) is 11.8 Å². The lowest BCUT2D eigenvalue weighted by Gasteiger charge is -2.41. The van der Waals surface area contributed by atoms with E-state index in [9.17, 15) is 4.79 Å². The third-order valence-electron chi connectivity index (χ3n) is 4.54. The van der Waals surface area contributed by atoms with Crippen LogP contribution in [0.25, 0.3) is 0 Å². The smallest absolute Gasteiger partial charge is 0.409 e. The van der Waals surface area contributed by atoms with Crippen molar-refractivity contribution >= 4 is 6.09 Å². The van der Waals surface area contributed by atoms with Crippen molar-refractivity contribution in [1.82, 2.24) is 10.6 Å². The van der Waals surface area contributed by atoms with Gasteiger partial charge in [-0.2, -0.15) is 0 Å². The minimum atomic E-state index is -0.442. The van der Waals surface area contributed by atoms with Gasteiger partial charge in [0.1, 0.15) is 5.60 Å². The molecular weight excluding hydrogens is 252 g/mol. The molecular formula is C16H30N2O2. The van der Waals surface area contributed by atoms with Crippen LogP contribution in [0.1, 0.15) is 65.7 Å². The number of carbonyl (C=O) groups is 1. The van der Waals surface area contributed by atoms with Gasteiger partial charge in [0.25, 0.3) is 0 Å². The van der Waals surface area contributed by atoms with E-state index in [-0.39, 0.29) is 11.8 Å². The summed E-state index contributed by atoms with van der Waals surface area (Å²) in [4.78, 5) is 12.0. The van der Waals surface area contributed by atoms with Gasteiger partial charge in [-0.25, -0.2) is 4.79 Å². The van der Waals surface area contributed by atoms with Crippen LogP contribution >= 0.6 is 0 Å². The van der Waals surface area contributed by atoms with E-state index in [4.69, 9.17) is 4.74 Å². The molecule has 0 aromatic rings. The Balaban J connectivity index is 1.82. The van der Waals surface area contributed by atoms with E-state index < -0.39 is 5.60 Å². The van der Waals surface area contributed by atoms with Crippen LogP contribution in [0, 0.1) is 11.8 Å². The van der Waals surface area contributed by atoms with Crippen LogP contribution in [0.2, 0.25) is 0 Å². The number of ether oxygens (including phenoxy) is 1. The van der Waals surface area contributed by atoms with E-state index in [0.29, 0.717) is 0 Å². The van der Waals surface area contributed by atoms with Gasteiger partial charge in [-0.15, -0.1) is 0 Å². The molecule has 0 atom stereocenters. The second kappa shape index (κ2) is 5.92. The van der Waals surface area contributed by atoms with Crippen LogP contribution in [-0.4, -0.2) is 24.4 Å². The summed E-state index contributed by atoms with van der Waals surface area (Å²) in [6.07, 6.45) is 8.35. The predicted molar refractivity (Wildman–Crippen MR) is 80.5 cm³/mol. The summed E-state index contributed by atoms with van der Waals surface area (Å²) in [5, 5.41) is 6.37. The second-order valence-electron chi connectivity index (χ2n) is 7.58. The topological polar surface area (TPSA) is 50.4 Å². The monoisotopic (exact) mass is 282 g/mol. The summed E-state index contributed by atoms with van der Waals surface area (Å²) in [5.41, 5.74) is -0.718. The Morgan fingerprint density at radius 1 is 1.15 bits per heavy atom. The van der Waals surface area contributed by atoms with Crippen molar-refractivity contribution < 1.29 is 9.53 Å². The number of hydrogen-bond donors (Lipinski definition) is 2. The van der Waals surface area contributed by atoms with Gasteiger partial charge in [-0.05, 0) is 71.8 Å². The molecule has 4 nitrogen and oxygen atoms in total. The molecule has 2 aliphatic carbocycles. The SMILES string of the molecule is CNC1(NC(=O)OC(C)(C)C)CCC(CC2CC2)CC1. The first kappa shape index (κ1) is 15.6. The molecule has 0 spiro atoms. The highest BCUT2D eigenvalue weighted by molar-refractivity contribution is 5.68. The van der Waals surface area contributed by atoms with E-state index in [1.165, 1.54) is 32.1 Å². The Morgan fingerprint density at radius 2 is 1.70 bits per heavy atom. The highest BCUT2D eigenvalue weighted by Crippen LogP contribution is 2.41. The molecule has 0 aromatic heterocycles. The van der Waals surface area contributed by atoms with Gasteiger partial charge in [0.2, 0.25) is 0 Å². The maximum Gasteiger partial charge on any atom is 0.409 e. The third kappa shape index (κ3) is 4.65. The van der Waals surface area contributed by atoms with Crippen LogP contribution < -0.4 is 10.6 Å². The van der Waals surface area contributed by atoms with Crippen LogP contribution in [-0.2, 0) is 4.74 Å². The summed E-state index contributed by atoms with van der Waals surface area (Å²) in [6, 6.07) is 0. The zero-order chi connectivity index (χ0) is 14.8. The summed E-state index contributed by atoms with van der Waals surface area (Å²) in [5.74, 6) is 1.85. The molecule has 20 heavy (non-hydrogen) atoms. The zero-order valence-corrected chi connectivity index (χ0v) is 13.4. The maximum absolute atomic E-state index is 12.0. The first-order valence-corrected chi connectivity index (χ1v) is 8.02. The van der Waals surface area contributed by atoms with Crippen molar-refractivity contribution in [1.29, 1.82) is 0 Å². The number of amides is 1. The predicted octanol–water partition coefficient (Wildman–Crippen LogP) is 3.42. The fraction of sp³-hybridized carbons (Fsp3) is 0.938. The van der Waals surface area contributed by atoms with Gasteiger partial charge < -0.3 is 10.1 Å². The molecule has 0 radical (unpaired) electrons. The lowest BCUT2D eigenvalue weighted by atomic mass is 9.79. The average Bonchev–Trinajstić information content (AvgIpc) is 3.13. The molecule has 2 saturated carbocycles. The number of rotatable bonds is 4. The minimum Gasteiger partial charge on any atom is -0.444 e. The quantitative estimate of drug-likeness (QED) is 0.777. The Bertz CT molecular complexity index is 337. The Hall–Kier alpha value is -0.770. The van der Waals surface area contributed by atoms with E-state index in [1.807, 2.05) is 27.8 Å². The van der Waals surface area contributed by atoms with Crippen molar-refractivity contribution in [3.63, 3.8) is 0 Å². The Morgan fingerprint density at radius 3 is 2.15 bits per heavy atom. The van der Waals surface area contributed by atoms with E-state index in [2.05, 4.69) is 10.6 Å².